The molecule has 1 aromatic heterocycles. The number of cyclic esters (lactones) is 1. The van der Waals surface area contributed by atoms with Gasteiger partial charge in [0.15, 0.2) is 5.78 Å². The molecule has 224 valence electrons. The van der Waals surface area contributed by atoms with Crippen molar-refractivity contribution in [1.29, 1.82) is 0 Å². The number of benzene rings is 2. The molecule has 1 fully saturated rings. The normalized spacial score (nSPS) is 20.5. The Balaban J connectivity index is 1.44. The van der Waals surface area contributed by atoms with Crippen molar-refractivity contribution in [1.82, 2.24) is 4.98 Å². The van der Waals surface area contributed by atoms with Gasteiger partial charge in [-0.05, 0) is 55.0 Å². The van der Waals surface area contributed by atoms with Crippen LogP contribution >= 0.6 is 0 Å². The highest BCUT2D eigenvalue weighted by Gasteiger charge is 2.48. The average molecular weight is 603 g/mol. The van der Waals surface area contributed by atoms with Crippen LogP contribution in [0, 0.1) is 5.92 Å². The fraction of sp³-hybridized carbons (Fsp3) is 0.387. The van der Waals surface area contributed by atoms with Crippen molar-refractivity contribution in [2.24, 2.45) is 5.92 Å². The van der Waals surface area contributed by atoms with E-state index >= 15 is 0 Å². The molecule has 1 aliphatic heterocycles. The molecule has 1 saturated heterocycles. The fourth-order valence-electron chi connectivity index (χ4n) is 5.43. The minimum atomic E-state index is -4.55. The second-order valence-corrected chi connectivity index (χ2v) is 11.2. The van der Waals surface area contributed by atoms with Crippen molar-refractivity contribution in [2.45, 2.75) is 70.1 Å². The molecule has 2 heterocycles. The summed E-state index contributed by atoms with van der Waals surface area (Å²) in [5.74, 6) is -2.37. The van der Waals surface area contributed by atoms with E-state index in [0.717, 1.165) is 24.1 Å². The molecule has 2 unspecified atom stereocenters. The number of Topliss-reactive ketones (excluding diaryl/α,β-unsaturated/α-hetero) is 1. The molecular weight excluding hydrogens is 569 g/mol. The zero-order chi connectivity index (χ0) is 30.3. The third-order valence-electron chi connectivity index (χ3n) is 7.41. The van der Waals surface area contributed by atoms with Gasteiger partial charge in [-0.15, -0.1) is 0 Å². The average Bonchev–Trinajstić information content (AvgIpc) is 2.94. The molecule has 0 radical (unpaired) electrons. The fourth-order valence-corrected chi connectivity index (χ4v) is 6.04. The maximum atomic E-state index is 13.6. The first-order valence-corrected chi connectivity index (χ1v) is 14.9. The lowest BCUT2D eigenvalue weighted by Crippen LogP contribution is -2.49. The van der Waals surface area contributed by atoms with Crippen LogP contribution < -0.4 is 8.91 Å². The molecule has 2 aromatic carbocycles. The smallest absolute Gasteiger partial charge is 0.417 e. The molecule has 0 bridgehead atoms. The number of aromatic nitrogens is 1. The second kappa shape index (κ2) is 13.5. The molecule has 1 N–H and O–H groups in total. The Morgan fingerprint density at radius 1 is 1.07 bits per heavy atom. The minimum absolute atomic E-state index is 0.149. The number of ketones is 1. The number of nitrogens with one attached hydrogen (secondary N) is 1. The van der Waals surface area contributed by atoms with Crippen LogP contribution in [0.25, 0.3) is 0 Å². The molecule has 0 aliphatic carbocycles. The monoisotopic (exact) mass is 602 g/mol. The van der Waals surface area contributed by atoms with Gasteiger partial charge in [0.2, 0.25) is 5.88 Å². The molecule has 3 aromatic rings. The van der Waals surface area contributed by atoms with E-state index in [0.29, 0.717) is 43.1 Å². The van der Waals surface area contributed by atoms with E-state index in [1.807, 2.05) is 44.2 Å². The largest absolute Gasteiger partial charge is 0.458 e. The van der Waals surface area contributed by atoms with Gasteiger partial charge in [-0.2, -0.15) is 17.4 Å². The Kier molecular flexibility index (Phi) is 10.0. The van der Waals surface area contributed by atoms with Crippen LogP contribution in [0.2, 0.25) is 0 Å². The molecule has 4 atom stereocenters. The lowest BCUT2D eigenvalue weighted by Gasteiger charge is -2.40. The number of ether oxygens (including phenoxy) is 1. The third-order valence-corrected chi connectivity index (χ3v) is 8.14. The van der Waals surface area contributed by atoms with E-state index < -0.39 is 46.4 Å². The number of halogens is 3. The Labute approximate surface area is 245 Å². The van der Waals surface area contributed by atoms with E-state index in [9.17, 15) is 27.0 Å². The van der Waals surface area contributed by atoms with Crippen LogP contribution in [0.4, 0.5) is 18.9 Å². The first-order valence-electron chi connectivity index (χ1n) is 13.8. The summed E-state index contributed by atoms with van der Waals surface area (Å²) in [5, 5.41) is 0. The Morgan fingerprint density at radius 3 is 2.45 bits per heavy atom. The molecule has 42 heavy (non-hydrogen) atoms. The quantitative estimate of drug-likeness (QED) is 0.178. The van der Waals surface area contributed by atoms with E-state index in [4.69, 9.17) is 8.92 Å². The van der Waals surface area contributed by atoms with Crippen LogP contribution in [-0.2, 0) is 38.2 Å². The first-order chi connectivity index (χ1) is 20.0. The van der Waals surface area contributed by atoms with Gasteiger partial charge in [-0.25, -0.2) is 4.98 Å². The van der Waals surface area contributed by atoms with Gasteiger partial charge in [0, 0.05) is 30.3 Å². The summed E-state index contributed by atoms with van der Waals surface area (Å²) in [6, 6.07) is 18.4. The zero-order valence-electron chi connectivity index (χ0n) is 23.4. The van der Waals surface area contributed by atoms with Gasteiger partial charge in [0.1, 0.15) is 11.5 Å². The van der Waals surface area contributed by atoms with E-state index in [1.165, 1.54) is 0 Å². The number of esters is 1. The van der Waals surface area contributed by atoms with E-state index in [-0.39, 0.29) is 18.1 Å². The zero-order valence-corrected chi connectivity index (χ0v) is 24.2. The van der Waals surface area contributed by atoms with Crippen molar-refractivity contribution >= 4 is 28.7 Å². The predicted octanol–water partition coefficient (Wildman–Crippen LogP) is 6.97. The first kappa shape index (κ1) is 31.2. The highest BCUT2D eigenvalue weighted by molar-refractivity contribution is 7.81. The summed E-state index contributed by atoms with van der Waals surface area (Å²) in [6.07, 6.45) is -0.707. The van der Waals surface area contributed by atoms with Crippen LogP contribution in [0.15, 0.2) is 72.9 Å². The number of nitrogens with zero attached hydrogens (tertiary/aromatic N) is 1. The third kappa shape index (κ3) is 7.76. The molecule has 0 amide bonds. The van der Waals surface area contributed by atoms with E-state index in [2.05, 4.69) is 9.71 Å². The molecule has 7 nitrogen and oxygen atoms in total. The number of hydrogen-bond acceptors (Lipinski definition) is 6. The van der Waals surface area contributed by atoms with Gasteiger partial charge in [0.05, 0.1) is 5.56 Å². The van der Waals surface area contributed by atoms with E-state index in [1.54, 1.807) is 24.3 Å². The summed E-state index contributed by atoms with van der Waals surface area (Å²) < 4.78 is 64.6. The molecule has 1 aliphatic rings. The maximum absolute atomic E-state index is 13.6. The van der Waals surface area contributed by atoms with Crippen molar-refractivity contribution in [3.8, 4) is 5.88 Å². The number of pyridine rings is 1. The summed E-state index contributed by atoms with van der Waals surface area (Å²) in [5.41, 5.74) is 0.374. The number of rotatable bonds is 12. The van der Waals surface area contributed by atoms with Crippen molar-refractivity contribution < 1.29 is 35.9 Å². The standard InChI is InChI=1S/C31H33F3N2O5S/c1-3-16-30(17-15-21-9-6-5-7-10-21)19-26(37)28(29(38)40-30)25(4-2)22-11-8-12-24(18-22)36-42(39)41-27-14-13-23(20-35-27)31(32,33)34/h5-14,18,20,25,28,36H,3-4,15-17,19H2,1-2H3/t25-,28?,30+,42?/m0/s1. The second-order valence-electron chi connectivity index (χ2n) is 10.4. The Hall–Kier alpha value is -3.73. The summed E-state index contributed by atoms with van der Waals surface area (Å²) >= 11 is -2.18. The molecule has 0 saturated carbocycles. The highest BCUT2D eigenvalue weighted by atomic mass is 32.2. The minimum Gasteiger partial charge on any atom is -0.458 e. The number of carbonyl (C=O) groups excluding carboxylic acids is 2. The van der Waals surface area contributed by atoms with Crippen molar-refractivity contribution in [3.05, 3.63) is 89.6 Å². The predicted molar refractivity (Wildman–Crippen MR) is 153 cm³/mol. The topological polar surface area (TPSA) is 94.6 Å². The molecular formula is C31H33F3N2O5S. The van der Waals surface area contributed by atoms with Gasteiger partial charge >= 0.3 is 23.4 Å². The van der Waals surface area contributed by atoms with Crippen LogP contribution in [-0.4, -0.2) is 26.5 Å². The summed E-state index contributed by atoms with van der Waals surface area (Å²) in [4.78, 5) is 30.6. The summed E-state index contributed by atoms with van der Waals surface area (Å²) in [6.45, 7) is 3.88. The highest BCUT2D eigenvalue weighted by Crippen LogP contribution is 2.41. The van der Waals surface area contributed by atoms with Gasteiger partial charge in [-0.1, -0.05) is 62.7 Å². The summed E-state index contributed by atoms with van der Waals surface area (Å²) in [7, 11) is 0. The lowest BCUT2D eigenvalue weighted by molar-refractivity contribution is -0.180. The van der Waals surface area contributed by atoms with Crippen molar-refractivity contribution in [2.75, 3.05) is 4.72 Å². The number of alkyl halides is 3. The number of anilines is 1. The number of aryl methyl sites for hydroxylation is 1. The van der Waals surface area contributed by atoms with Crippen LogP contribution in [0.1, 0.15) is 68.6 Å². The van der Waals surface area contributed by atoms with Crippen LogP contribution in [0.5, 0.6) is 5.88 Å². The Bertz CT molecular complexity index is 1380. The number of hydrogen-bond donors (Lipinski definition) is 1. The van der Waals surface area contributed by atoms with Crippen LogP contribution in [0.3, 0.4) is 0 Å². The maximum Gasteiger partial charge on any atom is 0.417 e. The Morgan fingerprint density at radius 2 is 1.83 bits per heavy atom. The van der Waals surface area contributed by atoms with Gasteiger partial charge in [-0.3, -0.25) is 14.3 Å². The molecule has 11 heteroatoms. The van der Waals surface area contributed by atoms with Gasteiger partial charge in [0.25, 0.3) is 0 Å². The number of carbonyl (C=O) groups is 2. The molecule has 4 rings (SSSR count). The lowest BCUT2D eigenvalue weighted by atomic mass is 9.74. The molecule has 0 spiro atoms. The SMILES string of the molecule is CCC[C@@]1(CCc2ccccc2)CC(=O)C([C@@H](CC)c2cccc(NS(=O)Oc3ccc(C(F)(F)F)cn3)c2)C(=O)O1. The van der Waals surface area contributed by atoms with Crippen molar-refractivity contribution in [3.63, 3.8) is 0 Å². The van der Waals surface area contributed by atoms with Gasteiger partial charge < -0.3 is 8.92 Å².